The molecule has 0 aliphatic rings. The summed E-state index contributed by atoms with van der Waals surface area (Å²) < 4.78 is 1.29. The summed E-state index contributed by atoms with van der Waals surface area (Å²) >= 11 is 0. The van der Waals surface area contributed by atoms with Crippen LogP contribution in [0.5, 0.6) is 0 Å². The minimum absolute atomic E-state index is 0.251. The predicted molar refractivity (Wildman–Crippen MR) is 62.6 cm³/mol. The number of nitrogens with zero attached hydrogens (tertiary/aromatic N) is 2. The zero-order valence-corrected chi connectivity index (χ0v) is 9.27. The van der Waals surface area contributed by atoms with Crippen LogP contribution in [0.2, 0.25) is 0 Å². The van der Waals surface area contributed by atoms with Crippen molar-refractivity contribution < 1.29 is 4.79 Å². The molecule has 0 spiro atoms. The SMILES string of the molecule is Cc1cccc(NC(=O)n2ccc(C)n2)c1. The molecule has 1 aromatic heterocycles. The lowest BCUT2D eigenvalue weighted by Gasteiger charge is -2.05. The summed E-state index contributed by atoms with van der Waals surface area (Å²) in [5.41, 5.74) is 2.70. The van der Waals surface area contributed by atoms with Crippen LogP contribution >= 0.6 is 0 Å². The first-order valence-electron chi connectivity index (χ1n) is 5.05. The predicted octanol–water partition coefficient (Wildman–Crippen LogP) is 2.58. The van der Waals surface area contributed by atoms with Crippen molar-refractivity contribution in [1.82, 2.24) is 9.78 Å². The molecule has 1 heterocycles. The third kappa shape index (κ3) is 2.28. The van der Waals surface area contributed by atoms with Gasteiger partial charge in [-0.25, -0.2) is 4.79 Å². The van der Waals surface area contributed by atoms with Crippen molar-refractivity contribution in [2.24, 2.45) is 0 Å². The van der Waals surface area contributed by atoms with Crippen LogP contribution in [0.4, 0.5) is 10.5 Å². The van der Waals surface area contributed by atoms with Gasteiger partial charge in [0.05, 0.1) is 5.69 Å². The van der Waals surface area contributed by atoms with Crippen LogP contribution in [0.1, 0.15) is 11.3 Å². The largest absolute Gasteiger partial charge is 0.346 e. The van der Waals surface area contributed by atoms with Gasteiger partial charge < -0.3 is 5.32 Å². The molecule has 2 rings (SSSR count). The average Bonchev–Trinajstić information content (AvgIpc) is 2.65. The van der Waals surface area contributed by atoms with E-state index in [1.165, 1.54) is 4.68 Å². The fourth-order valence-corrected chi connectivity index (χ4v) is 1.43. The Morgan fingerprint density at radius 1 is 1.31 bits per heavy atom. The zero-order valence-electron chi connectivity index (χ0n) is 9.27. The molecule has 82 valence electrons. The van der Waals surface area contributed by atoms with E-state index in [2.05, 4.69) is 10.4 Å². The van der Waals surface area contributed by atoms with Crippen molar-refractivity contribution in [3.63, 3.8) is 0 Å². The monoisotopic (exact) mass is 215 g/mol. The highest BCUT2D eigenvalue weighted by molar-refractivity contribution is 5.90. The molecule has 0 saturated heterocycles. The molecule has 0 bridgehead atoms. The third-order valence-electron chi connectivity index (χ3n) is 2.20. The van der Waals surface area contributed by atoms with Crippen molar-refractivity contribution >= 4 is 11.7 Å². The van der Waals surface area contributed by atoms with E-state index in [1.807, 2.05) is 38.1 Å². The third-order valence-corrected chi connectivity index (χ3v) is 2.20. The molecule has 0 aliphatic carbocycles. The summed E-state index contributed by atoms with van der Waals surface area (Å²) in [6.07, 6.45) is 1.64. The van der Waals surface area contributed by atoms with E-state index >= 15 is 0 Å². The Bertz CT molecular complexity index is 516. The van der Waals surface area contributed by atoms with Gasteiger partial charge in [-0.15, -0.1) is 0 Å². The van der Waals surface area contributed by atoms with Crippen LogP contribution in [0.25, 0.3) is 0 Å². The topological polar surface area (TPSA) is 46.9 Å². The number of carbonyl (C=O) groups is 1. The van der Waals surface area contributed by atoms with Gasteiger partial charge in [-0.3, -0.25) is 0 Å². The van der Waals surface area contributed by atoms with Crippen LogP contribution in [0.15, 0.2) is 36.5 Å². The Balaban J connectivity index is 2.13. The fourth-order valence-electron chi connectivity index (χ4n) is 1.43. The zero-order chi connectivity index (χ0) is 11.5. The minimum atomic E-state index is -0.251. The van der Waals surface area contributed by atoms with Crippen molar-refractivity contribution in [3.05, 3.63) is 47.8 Å². The van der Waals surface area contributed by atoms with Gasteiger partial charge in [0, 0.05) is 11.9 Å². The second kappa shape index (κ2) is 4.18. The lowest BCUT2D eigenvalue weighted by Crippen LogP contribution is -2.19. The van der Waals surface area contributed by atoms with E-state index < -0.39 is 0 Å². The van der Waals surface area contributed by atoms with Gasteiger partial charge in [-0.05, 0) is 37.6 Å². The number of aryl methyl sites for hydroxylation is 2. The molecule has 1 amide bonds. The van der Waals surface area contributed by atoms with E-state index in [4.69, 9.17) is 0 Å². The molecule has 2 aromatic rings. The number of aromatic nitrogens is 2. The molecular formula is C12H13N3O. The molecule has 0 unspecified atom stereocenters. The van der Waals surface area contributed by atoms with E-state index in [9.17, 15) is 4.79 Å². The van der Waals surface area contributed by atoms with Gasteiger partial charge in [0.2, 0.25) is 0 Å². The Morgan fingerprint density at radius 2 is 2.12 bits per heavy atom. The highest BCUT2D eigenvalue weighted by Crippen LogP contribution is 2.09. The smallest absolute Gasteiger partial charge is 0.306 e. The van der Waals surface area contributed by atoms with Crippen LogP contribution in [-0.2, 0) is 0 Å². The summed E-state index contributed by atoms with van der Waals surface area (Å²) in [4.78, 5) is 11.7. The lowest BCUT2D eigenvalue weighted by molar-refractivity contribution is 0.251. The van der Waals surface area contributed by atoms with E-state index in [-0.39, 0.29) is 6.03 Å². The van der Waals surface area contributed by atoms with Gasteiger partial charge >= 0.3 is 6.03 Å². The number of nitrogens with one attached hydrogen (secondary N) is 1. The number of benzene rings is 1. The molecule has 4 nitrogen and oxygen atoms in total. The standard InChI is InChI=1S/C12H13N3O/c1-9-4-3-5-11(8-9)13-12(16)15-7-6-10(2)14-15/h3-8H,1-2H3,(H,13,16). The molecular weight excluding hydrogens is 202 g/mol. The summed E-state index contributed by atoms with van der Waals surface area (Å²) in [7, 11) is 0. The number of amides is 1. The molecule has 1 N–H and O–H groups in total. The second-order valence-corrected chi connectivity index (χ2v) is 3.70. The Kier molecular flexibility index (Phi) is 2.72. The normalized spacial score (nSPS) is 10.1. The van der Waals surface area contributed by atoms with Gasteiger partial charge in [0.15, 0.2) is 0 Å². The average molecular weight is 215 g/mol. The maximum absolute atomic E-state index is 11.7. The first-order chi connectivity index (χ1) is 7.65. The van der Waals surface area contributed by atoms with E-state index in [1.54, 1.807) is 12.3 Å². The Morgan fingerprint density at radius 3 is 2.75 bits per heavy atom. The van der Waals surface area contributed by atoms with Crippen molar-refractivity contribution in [3.8, 4) is 0 Å². The molecule has 0 radical (unpaired) electrons. The molecule has 0 fully saturated rings. The number of hydrogen-bond donors (Lipinski definition) is 1. The number of hydrogen-bond acceptors (Lipinski definition) is 2. The lowest BCUT2D eigenvalue weighted by atomic mass is 10.2. The number of anilines is 1. The van der Waals surface area contributed by atoms with E-state index in [0.29, 0.717) is 0 Å². The Hall–Kier alpha value is -2.10. The maximum atomic E-state index is 11.7. The number of rotatable bonds is 1. The fraction of sp³-hybridized carbons (Fsp3) is 0.167. The highest BCUT2D eigenvalue weighted by atomic mass is 16.2. The van der Waals surface area contributed by atoms with Crippen LogP contribution in [-0.4, -0.2) is 15.8 Å². The summed E-state index contributed by atoms with van der Waals surface area (Å²) in [5.74, 6) is 0. The van der Waals surface area contributed by atoms with Crippen LogP contribution in [0.3, 0.4) is 0 Å². The molecule has 16 heavy (non-hydrogen) atoms. The van der Waals surface area contributed by atoms with E-state index in [0.717, 1.165) is 16.9 Å². The summed E-state index contributed by atoms with van der Waals surface area (Å²) in [5, 5.41) is 6.81. The van der Waals surface area contributed by atoms with Crippen LogP contribution < -0.4 is 5.32 Å². The quantitative estimate of drug-likeness (QED) is 0.794. The van der Waals surface area contributed by atoms with Gasteiger partial charge in [-0.2, -0.15) is 9.78 Å². The first-order valence-corrected chi connectivity index (χ1v) is 5.05. The van der Waals surface area contributed by atoms with Crippen molar-refractivity contribution in [2.45, 2.75) is 13.8 Å². The van der Waals surface area contributed by atoms with Crippen LogP contribution in [0, 0.1) is 13.8 Å². The molecule has 0 saturated carbocycles. The molecule has 0 aliphatic heterocycles. The van der Waals surface area contributed by atoms with Crippen molar-refractivity contribution in [1.29, 1.82) is 0 Å². The summed E-state index contributed by atoms with van der Waals surface area (Å²) in [6, 6.07) is 9.18. The highest BCUT2D eigenvalue weighted by Gasteiger charge is 2.05. The molecule has 0 atom stereocenters. The molecule has 1 aromatic carbocycles. The van der Waals surface area contributed by atoms with Gasteiger partial charge in [-0.1, -0.05) is 12.1 Å². The minimum Gasteiger partial charge on any atom is -0.306 e. The maximum Gasteiger partial charge on any atom is 0.346 e. The molecule has 4 heteroatoms. The first kappa shape index (κ1) is 10.4. The summed E-state index contributed by atoms with van der Waals surface area (Å²) in [6.45, 7) is 3.82. The van der Waals surface area contributed by atoms with Gasteiger partial charge in [0.1, 0.15) is 0 Å². The van der Waals surface area contributed by atoms with Crippen molar-refractivity contribution in [2.75, 3.05) is 5.32 Å². The Labute approximate surface area is 93.9 Å². The second-order valence-electron chi connectivity index (χ2n) is 3.70. The van der Waals surface area contributed by atoms with Gasteiger partial charge in [0.25, 0.3) is 0 Å². The number of carbonyl (C=O) groups excluding carboxylic acids is 1.